The second-order valence-corrected chi connectivity index (χ2v) is 4.05. The first kappa shape index (κ1) is 12.1. The van der Waals surface area contributed by atoms with Gasteiger partial charge in [-0.25, -0.2) is 15.0 Å². The molecule has 2 N–H and O–H groups in total. The highest BCUT2D eigenvalue weighted by atomic mass is 16.5. The van der Waals surface area contributed by atoms with E-state index in [1.807, 2.05) is 20.9 Å². The van der Waals surface area contributed by atoms with Crippen LogP contribution in [-0.2, 0) is 4.74 Å². The quantitative estimate of drug-likeness (QED) is 0.810. The lowest BCUT2D eigenvalue weighted by Crippen LogP contribution is -2.40. The van der Waals surface area contributed by atoms with Crippen LogP contribution in [0.3, 0.4) is 0 Å². The van der Waals surface area contributed by atoms with Crippen molar-refractivity contribution in [3.63, 3.8) is 0 Å². The molecule has 0 atom stereocenters. The van der Waals surface area contributed by atoms with Gasteiger partial charge >= 0.3 is 0 Å². The summed E-state index contributed by atoms with van der Waals surface area (Å²) in [7, 11) is 1.87. The fourth-order valence-corrected chi connectivity index (χ4v) is 1.81. The maximum absolute atomic E-state index is 5.31. The summed E-state index contributed by atoms with van der Waals surface area (Å²) in [6.07, 6.45) is 0. The van der Waals surface area contributed by atoms with Crippen LogP contribution >= 0.6 is 0 Å². The number of aryl methyl sites for hydroxylation is 1. The van der Waals surface area contributed by atoms with Crippen molar-refractivity contribution in [1.29, 1.82) is 0 Å². The standard InChI is InChI=1S/C11H19N5O/c1-8-10(12-3)13-9(2)14-11(8)15-16-4-6-17-7-5-16/h4-7H2,1-3H3,(H2,12,13,14,15). The average molecular weight is 237 g/mol. The zero-order valence-electron chi connectivity index (χ0n) is 10.6. The van der Waals surface area contributed by atoms with E-state index in [0.29, 0.717) is 0 Å². The summed E-state index contributed by atoms with van der Waals surface area (Å²) in [6.45, 7) is 7.16. The maximum atomic E-state index is 5.31. The predicted molar refractivity (Wildman–Crippen MR) is 67.1 cm³/mol. The minimum absolute atomic E-state index is 0.759. The number of morpholine rings is 1. The number of nitrogens with one attached hydrogen (secondary N) is 2. The van der Waals surface area contributed by atoms with Crippen LogP contribution in [0.1, 0.15) is 11.4 Å². The lowest BCUT2D eigenvalue weighted by atomic mass is 10.3. The zero-order valence-corrected chi connectivity index (χ0v) is 10.6. The molecule has 17 heavy (non-hydrogen) atoms. The molecule has 1 saturated heterocycles. The van der Waals surface area contributed by atoms with Crippen LogP contribution in [0.15, 0.2) is 0 Å². The van der Waals surface area contributed by atoms with Gasteiger partial charge in [0, 0.05) is 25.7 Å². The van der Waals surface area contributed by atoms with Crippen molar-refractivity contribution >= 4 is 11.6 Å². The van der Waals surface area contributed by atoms with E-state index < -0.39 is 0 Å². The molecule has 0 aliphatic carbocycles. The minimum atomic E-state index is 0.759. The number of hydrazine groups is 1. The molecule has 1 aromatic rings. The molecule has 2 heterocycles. The molecule has 0 unspecified atom stereocenters. The zero-order chi connectivity index (χ0) is 12.3. The Morgan fingerprint density at radius 1 is 1.12 bits per heavy atom. The van der Waals surface area contributed by atoms with Crippen LogP contribution in [-0.4, -0.2) is 48.3 Å². The van der Waals surface area contributed by atoms with Crippen molar-refractivity contribution in [2.75, 3.05) is 44.1 Å². The maximum Gasteiger partial charge on any atom is 0.149 e. The number of rotatable bonds is 3. The Labute approximate surface area is 101 Å². The summed E-state index contributed by atoms with van der Waals surface area (Å²) in [5, 5.41) is 5.20. The second kappa shape index (κ2) is 5.29. The minimum Gasteiger partial charge on any atom is -0.379 e. The molecule has 1 aliphatic rings. The molecular formula is C11H19N5O. The van der Waals surface area contributed by atoms with Gasteiger partial charge in [0.2, 0.25) is 0 Å². The first-order chi connectivity index (χ1) is 8.20. The molecule has 0 saturated carbocycles. The van der Waals surface area contributed by atoms with Crippen LogP contribution < -0.4 is 10.7 Å². The lowest BCUT2D eigenvalue weighted by Gasteiger charge is -2.28. The number of anilines is 2. The van der Waals surface area contributed by atoms with Crippen molar-refractivity contribution in [3.05, 3.63) is 11.4 Å². The van der Waals surface area contributed by atoms with E-state index in [1.165, 1.54) is 0 Å². The van der Waals surface area contributed by atoms with Gasteiger partial charge in [0.25, 0.3) is 0 Å². The number of aromatic nitrogens is 2. The highest BCUT2D eigenvalue weighted by Crippen LogP contribution is 2.19. The molecule has 1 aromatic heterocycles. The van der Waals surface area contributed by atoms with Crippen molar-refractivity contribution in [2.45, 2.75) is 13.8 Å². The molecule has 6 heteroatoms. The van der Waals surface area contributed by atoms with E-state index >= 15 is 0 Å². The molecule has 1 aliphatic heterocycles. The molecule has 0 spiro atoms. The Balaban J connectivity index is 2.16. The van der Waals surface area contributed by atoms with Crippen molar-refractivity contribution in [1.82, 2.24) is 15.0 Å². The van der Waals surface area contributed by atoms with Gasteiger partial charge in [0.05, 0.1) is 13.2 Å². The van der Waals surface area contributed by atoms with Gasteiger partial charge in [-0.15, -0.1) is 0 Å². The first-order valence-corrected chi connectivity index (χ1v) is 5.83. The van der Waals surface area contributed by atoms with E-state index in [2.05, 4.69) is 25.7 Å². The number of hydrogen-bond acceptors (Lipinski definition) is 6. The largest absolute Gasteiger partial charge is 0.379 e. The highest BCUT2D eigenvalue weighted by Gasteiger charge is 2.14. The Morgan fingerprint density at radius 3 is 2.41 bits per heavy atom. The van der Waals surface area contributed by atoms with Gasteiger partial charge in [-0.05, 0) is 13.8 Å². The van der Waals surface area contributed by atoms with E-state index in [1.54, 1.807) is 0 Å². The number of nitrogens with zero attached hydrogens (tertiary/aromatic N) is 3. The normalized spacial score (nSPS) is 16.9. The topological polar surface area (TPSA) is 62.3 Å². The van der Waals surface area contributed by atoms with Gasteiger partial charge < -0.3 is 15.5 Å². The van der Waals surface area contributed by atoms with Crippen LogP contribution in [0.25, 0.3) is 0 Å². The summed E-state index contributed by atoms with van der Waals surface area (Å²) in [5.41, 5.74) is 4.36. The molecule has 0 radical (unpaired) electrons. The van der Waals surface area contributed by atoms with Crippen molar-refractivity contribution in [3.8, 4) is 0 Å². The molecule has 2 rings (SSSR count). The summed E-state index contributed by atoms with van der Waals surface area (Å²) in [5.74, 6) is 2.49. The third kappa shape index (κ3) is 2.83. The fourth-order valence-electron chi connectivity index (χ4n) is 1.81. The molecule has 1 fully saturated rings. The second-order valence-electron chi connectivity index (χ2n) is 4.05. The number of ether oxygens (including phenoxy) is 1. The molecule has 0 aromatic carbocycles. The SMILES string of the molecule is CNc1nc(C)nc(NN2CCOCC2)c1C. The van der Waals surface area contributed by atoms with E-state index in [0.717, 1.165) is 49.3 Å². The van der Waals surface area contributed by atoms with Crippen LogP contribution in [0.5, 0.6) is 0 Å². The Hall–Kier alpha value is -1.40. The summed E-state index contributed by atoms with van der Waals surface area (Å²) >= 11 is 0. The Bertz CT molecular complexity index is 390. The van der Waals surface area contributed by atoms with E-state index in [-0.39, 0.29) is 0 Å². The van der Waals surface area contributed by atoms with Gasteiger partial charge in [-0.1, -0.05) is 0 Å². The number of hydrogen-bond donors (Lipinski definition) is 2. The molecule has 94 valence electrons. The van der Waals surface area contributed by atoms with E-state index in [4.69, 9.17) is 4.74 Å². The Kier molecular flexibility index (Phi) is 3.75. The summed E-state index contributed by atoms with van der Waals surface area (Å²) in [6, 6.07) is 0. The van der Waals surface area contributed by atoms with Crippen molar-refractivity contribution in [2.24, 2.45) is 0 Å². The van der Waals surface area contributed by atoms with Crippen LogP contribution in [0.2, 0.25) is 0 Å². The van der Waals surface area contributed by atoms with Crippen molar-refractivity contribution < 1.29 is 4.74 Å². The summed E-state index contributed by atoms with van der Waals surface area (Å²) in [4.78, 5) is 8.77. The molecule has 6 nitrogen and oxygen atoms in total. The van der Waals surface area contributed by atoms with E-state index in [9.17, 15) is 0 Å². The van der Waals surface area contributed by atoms with Crippen LogP contribution in [0.4, 0.5) is 11.6 Å². The van der Waals surface area contributed by atoms with Crippen LogP contribution in [0, 0.1) is 13.8 Å². The van der Waals surface area contributed by atoms with Gasteiger partial charge in [-0.3, -0.25) is 0 Å². The molecule has 0 amide bonds. The first-order valence-electron chi connectivity index (χ1n) is 5.83. The fraction of sp³-hybridized carbons (Fsp3) is 0.636. The predicted octanol–water partition coefficient (Wildman–Crippen LogP) is 0.794. The average Bonchev–Trinajstić information content (AvgIpc) is 2.34. The molecule has 0 bridgehead atoms. The van der Waals surface area contributed by atoms with Gasteiger partial charge in [0.15, 0.2) is 0 Å². The van der Waals surface area contributed by atoms with Gasteiger partial charge in [-0.2, -0.15) is 0 Å². The summed E-state index contributed by atoms with van der Waals surface area (Å²) < 4.78 is 5.31. The Morgan fingerprint density at radius 2 is 1.76 bits per heavy atom. The smallest absolute Gasteiger partial charge is 0.149 e. The third-order valence-corrected chi connectivity index (χ3v) is 2.77. The molecular weight excluding hydrogens is 218 g/mol. The van der Waals surface area contributed by atoms with Gasteiger partial charge in [0.1, 0.15) is 17.5 Å². The monoisotopic (exact) mass is 237 g/mol. The lowest BCUT2D eigenvalue weighted by molar-refractivity contribution is 0.0494. The highest BCUT2D eigenvalue weighted by molar-refractivity contribution is 5.56. The third-order valence-electron chi connectivity index (χ3n) is 2.77.